The maximum absolute atomic E-state index is 12.8. The topological polar surface area (TPSA) is 165 Å². The molecule has 0 spiro atoms. The summed E-state index contributed by atoms with van der Waals surface area (Å²) in [5, 5.41) is 0. The van der Waals surface area contributed by atoms with Crippen molar-refractivity contribution in [2.45, 2.75) is 13.0 Å². The Balaban J connectivity index is 1.95. The van der Waals surface area contributed by atoms with Crippen molar-refractivity contribution in [3.63, 3.8) is 0 Å². The Morgan fingerprint density at radius 2 is 1.75 bits per heavy atom. The Bertz CT molecular complexity index is 807. The average Bonchev–Trinajstić information content (AvgIpc) is 2.77. The highest BCUT2D eigenvalue weighted by Gasteiger charge is 2.38. The van der Waals surface area contributed by atoms with Gasteiger partial charge in [0.15, 0.2) is 12.0 Å². The van der Waals surface area contributed by atoms with E-state index in [4.69, 9.17) is 36.1 Å². The molecule has 1 amide bonds. The lowest BCUT2D eigenvalue weighted by Crippen LogP contribution is -2.46. The smallest absolute Gasteiger partial charge is 0.338 e. The van der Waals surface area contributed by atoms with Gasteiger partial charge < -0.3 is 41.0 Å². The molecule has 0 aliphatic carbocycles. The fourth-order valence-corrected chi connectivity index (χ4v) is 2.95. The summed E-state index contributed by atoms with van der Waals surface area (Å²) in [5.41, 5.74) is 17.2. The van der Waals surface area contributed by atoms with Gasteiger partial charge in [0, 0.05) is 6.54 Å². The molecular weight excluding hydrogens is 418 g/mol. The summed E-state index contributed by atoms with van der Waals surface area (Å²) in [6.07, 6.45) is 1.65. The number of allylic oxidation sites excluding steroid dienone is 1. The number of cyclic esters (lactones) is 1. The van der Waals surface area contributed by atoms with E-state index in [-0.39, 0.29) is 31.6 Å². The van der Waals surface area contributed by atoms with E-state index in [9.17, 15) is 9.59 Å². The monoisotopic (exact) mass is 449 g/mol. The summed E-state index contributed by atoms with van der Waals surface area (Å²) in [6, 6.07) is 5.76. The van der Waals surface area contributed by atoms with Crippen molar-refractivity contribution in [3.8, 4) is 0 Å². The minimum absolute atomic E-state index is 0.0754. The fraction of sp³-hybridized carbons (Fsp3) is 0.476. The molecule has 32 heavy (non-hydrogen) atoms. The third-order valence-corrected chi connectivity index (χ3v) is 4.43. The van der Waals surface area contributed by atoms with E-state index < -0.39 is 12.0 Å². The highest BCUT2D eigenvalue weighted by molar-refractivity contribution is 5.88. The third-order valence-electron chi connectivity index (χ3n) is 4.43. The van der Waals surface area contributed by atoms with Crippen molar-refractivity contribution in [2.75, 3.05) is 52.7 Å². The van der Waals surface area contributed by atoms with Crippen LogP contribution < -0.4 is 17.2 Å². The lowest BCUT2D eigenvalue weighted by molar-refractivity contribution is -0.160. The number of hydrogen-bond donors (Lipinski definition) is 3. The number of rotatable bonds is 12. The number of carbonyl (C=O) groups excluding carboxylic acids is 2. The molecule has 2 rings (SSSR count). The first kappa shape index (κ1) is 25.3. The van der Waals surface area contributed by atoms with E-state index in [0.29, 0.717) is 50.0 Å². The van der Waals surface area contributed by atoms with Gasteiger partial charge in [0.25, 0.3) is 0 Å². The molecule has 0 radical (unpaired) electrons. The fourth-order valence-electron chi connectivity index (χ4n) is 2.95. The van der Waals surface area contributed by atoms with Crippen LogP contribution >= 0.6 is 0 Å². The van der Waals surface area contributed by atoms with Crippen molar-refractivity contribution < 1.29 is 28.5 Å². The van der Waals surface area contributed by atoms with Crippen LogP contribution in [0.4, 0.5) is 5.69 Å². The number of carbonyl (C=O) groups is 2. The molecule has 11 heteroatoms. The van der Waals surface area contributed by atoms with E-state index in [2.05, 4.69) is 4.99 Å². The van der Waals surface area contributed by atoms with E-state index in [1.165, 1.54) is 4.90 Å². The molecule has 11 nitrogen and oxygen atoms in total. The quantitative estimate of drug-likeness (QED) is 0.171. The van der Waals surface area contributed by atoms with Gasteiger partial charge in [-0.05, 0) is 30.7 Å². The van der Waals surface area contributed by atoms with Crippen LogP contribution in [-0.2, 0) is 28.5 Å². The van der Waals surface area contributed by atoms with Crippen LogP contribution in [-0.4, -0.2) is 75.5 Å². The zero-order valence-electron chi connectivity index (χ0n) is 18.2. The van der Waals surface area contributed by atoms with Crippen LogP contribution in [0.25, 0.3) is 0 Å². The molecule has 0 saturated carbocycles. The number of benzene rings is 1. The number of esters is 1. The first-order valence-electron chi connectivity index (χ1n) is 10.3. The highest BCUT2D eigenvalue weighted by atomic mass is 16.6. The minimum atomic E-state index is -0.904. The lowest BCUT2D eigenvalue weighted by atomic mass is 10.0. The average molecular weight is 450 g/mol. The molecule has 1 heterocycles. The molecule has 1 fully saturated rings. The summed E-state index contributed by atoms with van der Waals surface area (Å²) in [6.45, 7) is 4.05. The molecule has 1 aromatic rings. The van der Waals surface area contributed by atoms with Gasteiger partial charge in [0.2, 0.25) is 5.91 Å². The summed E-state index contributed by atoms with van der Waals surface area (Å²) < 4.78 is 21.3. The van der Waals surface area contributed by atoms with Crippen LogP contribution in [0.2, 0.25) is 0 Å². The molecule has 1 saturated heterocycles. The van der Waals surface area contributed by atoms with Crippen LogP contribution in [0.3, 0.4) is 0 Å². The summed E-state index contributed by atoms with van der Waals surface area (Å²) in [4.78, 5) is 30.9. The van der Waals surface area contributed by atoms with E-state index in [1.54, 1.807) is 37.3 Å². The second-order valence-electron chi connectivity index (χ2n) is 6.79. The van der Waals surface area contributed by atoms with Gasteiger partial charge in [-0.15, -0.1) is 0 Å². The second-order valence-corrected chi connectivity index (χ2v) is 6.79. The lowest BCUT2D eigenvalue weighted by Gasteiger charge is -2.35. The number of guanidine groups is 1. The van der Waals surface area contributed by atoms with Gasteiger partial charge >= 0.3 is 5.97 Å². The summed E-state index contributed by atoms with van der Waals surface area (Å²) in [5.74, 6) is -0.565. The number of ether oxygens (including phenoxy) is 4. The zero-order valence-corrected chi connectivity index (χ0v) is 18.2. The molecule has 1 aliphatic rings. The number of hydrogen-bond acceptors (Lipinski definition) is 8. The first-order valence-corrected chi connectivity index (χ1v) is 10.3. The Kier molecular flexibility index (Phi) is 10.6. The van der Waals surface area contributed by atoms with Crippen molar-refractivity contribution in [3.05, 3.63) is 41.7 Å². The van der Waals surface area contributed by atoms with Gasteiger partial charge in [-0.3, -0.25) is 4.79 Å². The maximum atomic E-state index is 12.8. The predicted molar refractivity (Wildman–Crippen MR) is 118 cm³/mol. The molecular formula is C21H31N5O6. The van der Waals surface area contributed by atoms with Crippen LogP contribution in [0, 0.1) is 0 Å². The molecule has 1 atom stereocenters. The maximum Gasteiger partial charge on any atom is 0.338 e. The Hall–Kier alpha value is -2.99. The molecule has 6 N–H and O–H groups in total. The first-order chi connectivity index (χ1) is 15.5. The molecule has 1 aromatic carbocycles. The number of aliphatic imine (C=N–C) groups is 1. The number of amides is 1. The Morgan fingerprint density at radius 1 is 1.12 bits per heavy atom. The molecule has 1 aliphatic heterocycles. The van der Waals surface area contributed by atoms with Crippen molar-refractivity contribution >= 4 is 23.5 Å². The van der Waals surface area contributed by atoms with E-state index in [1.807, 2.05) is 0 Å². The minimum Gasteiger partial charge on any atom is -0.428 e. The normalized spacial score (nSPS) is 17.3. The number of nitrogens with two attached hydrogens (primary N) is 3. The SMILES string of the molecule is C/C=C1\CN(C(=O)COCCOCCOCCN)C(c2ccc(N=C(N)N)cc2)C(=O)O1. The number of morpholine rings is 1. The second kappa shape index (κ2) is 13.4. The largest absolute Gasteiger partial charge is 0.428 e. The van der Waals surface area contributed by atoms with Gasteiger partial charge in [0.1, 0.15) is 12.4 Å². The Morgan fingerprint density at radius 3 is 2.34 bits per heavy atom. The molecule has 1 unspecified atom stereocenters. The van der Waals surface area contributed by atoms with E-state index in [0.717, 1.165) is 0 Å². The van der Waals surface area contributed by atoms with Crippen molar-refractivity contribution in [1.29, 1.82) is 0 Å². The van der Waals surface area contributed by atoms with Gasteiger partial charge in [-0.2, -0.15) is 0 Å². The van der Waals surface area contributed by atoms with Gasteiger partial charge in [-0.1, -0.05) is 12.1 Å². The molecule has 0 bridgehead atoms. The Labute approximate surface area is 187 Å². The standard InChI is InChI=1S/C21H31N5O6/c1-2-17-13-26(18(27)14-31-12-11-30-10-9-29-8-7-22)19(20(28)32-17)15-3-5-16(6-4-15)25-21(23)24/h2-6,19H,7-14,22H2,1H3,(H4,23,24,25)/b17-2+. The third kappa shape index (κ3) is 7.93. The molecule has 0 aromatic heterocycles. The molecule has 176 valence electrons. The van der Waals surface area contributed by atoms with Crippen LogP contribution in [0.5, 0.6) is 0 Å². The summed E-state index contributed by atoms with van der Waals surface area (Å²) in [7, 11) is 0. The van der Waals surface area contributed by atoms with E-state index >= 15 is 0 Å². The highest BCUT2D eigenvalue weighted by Crippen LogP contribution is 2.30. The predicted octanol–water partition coefficient (Wildman–Crippen LogP) is -0.0697. The van der Waals surface area contributed by atoms with Gasteiger partial charge in [-0.25, -0.2) is 9.79 Å². The van der Waals surface area contributed by atoms with Crippen LogP contribution in [0.1, 0.15) is 18.5 Å². The summed E-state index contributed by atoms with van der Waals surface area (Å²) >= 11 is 0. The van der Waals surface area contributed by atoms with Crippen LogP contribution in [0.15, 0.2) is 41.1 Å². The van der Waals surface area contributed by atoms with Crippen molar-refractivity contribution in [2.24, 2.45) is 22.2 Å². The van der Waals surface area contributed by atoms with Crippen molar-refractivity contribution in [1.82, 2.24) is 4.90 Å². The zero-order chi connectivity index (χ0) is 23.3. The number of nitrogens with zero attached hydrogens (tertiary/aromatic N) is 2. The van der Waals surface area contributed by atoms with Gasteiger partial charge in [0.05, 0.1) is 45.3 Å².